The van der Waals surface area contributed by atoms with Crippen molar-refractivity contribution in [2.75, 3.05) is 13.2 Å². The summed E-state index contributed by atoms with van der Waals surface area (Å²) in [7, 11) is 0. The zero-order valence-corrected chi connectivity index (χ0v) is 15.8. The van der Waals surface area contributed by atoms with Crippen molar-refractivity contribution in [2.45, 2.75) is 40.0 Å². The first-order chi connectivity index (χ1) is 12.4. The monoisotopic (exact) mass is 379 g/mol. The number of allylic oxidation sites excluding steroid dienone is 2. The minimum absolute atomic E-state index is 0.0124. The fourth-order valence-corrected chi connectivity index (χ4v) is 3.58. The van der Waals surface area contributed by atoms with Gasteiger partial charge in [-0.3, -0.25) is 4.79 Å². The lowest BCUT2D eigenvalue weighted by Crippen LogP contribution is -2.12. The van der Waals surface area contributed by atoms with E-state index in [9.17, 15) is 19.5 Å². The molecule has 1 N–H and O–H groups in total. The number of hydrogen-bond donors (Lipinski definition) is 1. The van der Waals surface area contributed by atoms with Crippen molar-refractivity contribution in [3.05, 3.63) is 27.3 Å². The first-order valence-corrected chi connectivity index (χ1v) is 9.19. The van der Waals surface area contributed by atoms with Gasteiger partial charge >= 0.3 is 11.9 Å². The fraction of sp³-hybridized carbons (Fsp3) is 0.444. The molecular weight excluding hydrogens is 358 g/mol. The summed E-state index contributed by atoms with van der Waals surface area (Å²) in [5, 5.41) is 10.1. The molecule has 0 fully saturated rings. The van der Waals surface area contributed by atoms with E-state index in [1.54, 1.807) is 20.8 Å². The largest absolute Gasteiger partial charge is 0.512 e. The summed E-state index contributed by atoms with van der Waals surface area (Å²) in [6.07, 6.45) is 2.60. The molecule has 1 heterocycles. The third kappa shape index (κ3) is 4.19. The molecule has 7 nitrogen and oxygen atoms in total. The second kappa shape index (κ2) is 8.75. The molecule has 140 valence electrons. The summed E-state index contributed by atoms with van der Waals surface area (Å²) in [6.45, 7) is 5.38. The van der Waals surface area contributed by atoms with Crippen molar-refractivity contribution >= 4 is 40.3 Å². The summed E-state index contributed by atoms with van der Waals surface area (Å²) in [5.41, 5.74) is 0.724. The molecule has 0 bridgehead atoms. The SMILES string of the molecule is CCOC(=O)c1sc(/N=C/C2=C(O)CCCC2=O)c(C(=O)OCC)c1C. The molecule has 0 radical (unpaired) electrons. The van der Waals surface area contributed by atoms with Gasteiger partial charge in [-0.05, 0) is 32.8 Å². The van der Waals surface area contributed by atoms with Crippen LogP contribution >= 0.6 is 11.3 Å². The molecule has 0 unspecified atom stereocenters. The van der Waals surface area contributed by atoms with Crippen LogP contribution in [0.4, 0.5) is 5.00 Å². The number of aliphatic hydroxyl groups is 1. The molecule has 8 heteroatoms. The van der Waals surface area contributed by atoms with Gasteiger partial charge in [0, 0.05) is 19.1 Å². The van der Waals surface area contributed by atoms with Crippen LogP contribution in [0.5, 0.6) is 0 Å². The van der Waals surface area contributed by atoms with Crippen LogP contribution in [0.1, 0.15) is 58.7 Å². The van der Waals surface area contributed by atoms with E-state index in [0.29, 0.717) is 24.8 Å². The average molecular weight is 379 g/mol. The Morgan fingerprint density at radius 2 is 1.85 bits per heavy atom. The highest BCUT2D eigenvalue weighted by atomic mass is 32.1. The van der Waals surface area contributed by atoms with E-state index >= 15 is 0 Å². The second-order valence-electron chi connectivity index (χ2n) is 5.57. The van der Waals surface area contributed by atoms with E-state index < -0.39 is 11.9 Å². The predicted molar refractivity (Wildman–Crippen MR) is 97.6 cm³/mol. The van der Waals surface area contributed by atoms with Gasteiger partial charge in [-0.25, -0.2) is 14.6 Å². The van der Waals surface area contributed by atoms with Gasteiger partial charge in [0.15, 0.2) is 5.78 Å². The number of carbonyl (C=O) groups is 3. The first kappa shape index (κ1) is 19.8. The summed E-state index contributed by atoms with van der Waals surface area (Å²) in [5.74, 6) is -1.36. The number of ketones is 1. The number of hydrogen-bond acceptors (Lipinski definition) is 8. The molecule has 1 aromatic heterocycles. The van der Waals surface area contributed by atoms with Crippen LogP contribution in [-0.4, -0.2) is 42.3 Å². The third-order valence-corrected chi connectivity index (χ3v) is 4.99. The maximum Gasteiger partial charge on any atom is 0.348 e. The van der Waals surface area contributed by atoms with E-state index in [1.165, 1.54) is 6.21 Å². The molecule has 0 aromatic carbocycles. The Kier molecular flexibility index (Phi) is 6.68. The van der Waals surface area contributed by atoms with Crippen LogP contribution in [0.2, 0.25) is 0 Å². The topological polar surface area (TPSA) is 102 Å². The summed E-state index contributed by atoms with van der Waals surface area (Å²) in [4.78, 5) is 40.8. The first-order valence-electron chi connectivity index (χ1n) is 8.37. The number of aliphatic imine (C=N–C) groups is 1. The van der Waals surface area contributed by atoms with Gasteiger partial charge in [-0.1, -0.05) is 0 Å². The molecule has 0 saturated heterocycles. The van der Waals surface area contributed by atoms with Crippen molar-refractivity contribution < 1.29 is 29.0 Å². The third-order valence-electron chi connectivity index (χ3n) is 3.81. The van der Waals surface area contributed by atoms with E-state index in [2.05, 4.69) is 4.99 Å². The molecular formula is C18H21NO6S. The molecule has 0 aliphatic heterocycles. The Bertz CT molecular complexity index is 790. The van der Waals surface area contributed by atoms with Crippen LogP contribution in [0, 0.1) is 6.92 Å². The molecule has 0 atom stereocenters. The lowest BCUT2D eigenvalue weighted by Gasteiger charge is -2.11. The van der Waals surface area contributed by atoms with Crippen molar-refractivity contribution in [3.8, 4) is 0 Å². The minimum Gasteiger partial charge on any atom is -0.512 e. The molecule has 0 saturated carbocycles. The van der Waals surface area contributed by atoms with Crippen molar-refractivity contribution in [1.29, 1.82) is 0 Å². The van der Waals surface area contributed by atoms with E-state index in [0.717, 1.165) is 11.3 Å². The van der Waals surface area contributed by atoms with E-state index in [-0.39, 0.29) is 45.8 Å². The number of thiophene rings is 1. The Labute approximate surface area is 155 Å². The highest BCUT2D eigenvalue weighted by Gasteiger charge is 2.26. The standard InChI is InChI=1S/C18H21NO6S/c1-4-24-17(22)14-10(3)15(18(23)25-5-2)26-16(14)19-9-11-12(20)7-6-8-13(11)21/h9,20H,4-8H2,1-3H3/b19-9+. The van der Waals surface area contributed by atoms with Crippen molar-refractivity contribution in [3.63, 3.8) is 0 Å². The molecule has 1 aliphatic carbocycles. The quantitative estimate of drug-likeness (QED) is 0.597. The molecule has 0 amide bonds. The lowest BCUT2D eigenvalue weighted by molar-refractivity contribution is -0.115. The number of esters is 2. The van der Waals surface area contributed by atoms with Crippen molar-refractivity contribution in [1.82, 2.24) is 0 Å². The Balaban J connectivity index is 2.47. The molecule has 1 aliphatic rings. The smallest absolute Gasteiger partial charge is 0.348 e. The lowest BCUT2D eigenvalue weighted by atomic mass is 9.97. The number of carbonyl (C=O) groups excluding carboxylic acids is 3. The predicted octanol–water partition coefficient (Wildman–Crippen LogP) is 3.68. The van der Waals surface area contributed by atoms with Gasteiger partial charge in [-0.15, -0.1) is 11.3 Å². The van der Waals surface area contributed by atoms with Gasteiger partial charge < -0.3 is 14.6 Å². The van der Waals surface area contributed by atoms with Gasteiger partial charge in [0.2, 0.25) is 0 Å². The highest BCUT2D eigenvalue weighted by Crippen LogP contribution is 2.36. The van der Waals surface area contributed by atoms with Crippen LogP contribution in [0.25, 0.3) is 0 Å². The molecule has 2 rings (SSSR count). The number of rotatable bonds is 6. The summed E-state index contributed by atoms with van der Waals surface area (Å²) < 4.78 is 10.1. The zero-order chi connectivity index (χ0) is 19.3. The second-order valence-corrected chi connectivity index (χ2v) is 6.57. The molecule has 0 spiro atoms. The summed E-state index contributed by atoms with van der Waals surface area (Å²) in [6, 6.07) is 0. The van der Waals surface area contributed by atoms with E-state index in [1.807, 2.05) is 0 Å². The van der Waals surface area contributed by atoms with Crippen LogP contribution in [0.3, 0.4) is 0 Å². The average Bonchev–Trinajstić information content (AvgIpc) is 2.91. The van der Waals surface area contributed by atoms with Gasteiger partial charge in [0.1, 0.15) is 21.2 Å². The Morgan fingerprint density at radius 3 is 2.46 bits per heavy atom. The van der Waals surface area contributed by atoms with Crippen molar-refractivity contribution in [2.24, 2.45) is 4.99 Å². The normalized spacial score (nSPS) is 14.8. The number of aliphatic hydroxyl groups excluding tert-OH is 1. The Hall–Kier alpha value is -2.48. The molecule has 26 heavy (non-hydrogen) atoms. The maximum absolute atomic E-state index is 12.3. The van der Waals surface area contributed by atoms with Gasteiger partial charge in [0.25, 0.3) is 0 Å². The number of Topliss-reactive ketones (excluding diaryl/α,β-unsaturated/α-hetero) is 1. The van der Waals surface area contributed by atoms with E-state index in [4.69, 9.17) is 9.47 Å². The zero-order valence-electron chi connectivity index (χ0n) is 15.0. The fourth-order valence-electron chi connectivity index (χ4n) is 2.54. The Morgan fingerprint density at radius 1 is 1.19 bits per heavy atom. The van der Waals surface area contributed by atoms with Crippen LogP contribution < -0.4 is 0 Å². The van der Waals surface area contributed by atoms with Crippen LogP contribution in [-0.2, 0) is 14.3 Å². The number of nitrogens with zero attached hydrogens (tertiary/aromatic N) is 1. The van der Waals surface area contributed by atoms with Gasteiger partial charge in [0.05, 0.1) is 18.8 Å². The highest BCUT2D eigenvalue weighted by molar-refractivity contribution is 7.18. The maximum atomic E-state index is 12.3. The number of ether oxygens (including phenoxy) is 2. The molecule has 1 aromatic rings. The van der Waals surface area contributed by atoms with Crippen LogP contribution in [0.15, 0.2) is 16.3 Å². The minimum atomic E-state index is -0.600. The van der Waals surface area contributed by atoms with Gasteiger partial charge in [-0.2, -0.15) is 0 Å². The summed E-state index contributed by atoms with van der Waals surface area (Å²) >= 11 is 0.991.